The Morgan fingerprint density at radius 2 is 1.91 bits per heavy atom. The number of esters is 1. The lowest BCUT2D eigenvalue weighted by molar-refractivity contribution is -0.0591. The van der Waals surface area contributed by atoms with Crippen LogP contribution in [0.5, 0.6) is 11.6 Å². The molecule has 7 rings (SSSR count). The molecule has 4 heterocycles. The maximum atomic E-state index is 14.2. The maximum absolute atomic E-state index is 14.2. The molecule has 4 aromatic rings. The number of imidazole rings is 1. The van der Waals surface area contributed by atoms with E-state index in [1.165, 1.54) is 13.2 Å². The number of fused-ring (bicyclic) bond motifs is 2. The third-order valence-corrected chi connectivity index (χ3v) is 9.41. The Hall–Kier alpha value is -3.73. The van der Waals surface area contributed by atoms with Crippen LogP contribution in [0.25, 0.3) is 11.0 Å². The van der Waals surface area contributed by atoms with Crippen LogP contribution in [0.3, 0.4) is 0 Å². The number of ether oxygens (including phenoxy) is 4. The van der Waals surface area contributed by atoms with Crippen molar-refractivity contribution < 1.29 is 28.1 Å². The zero-order valence-corrected chi connectivity index (χ0v) is 25.6. The molecule has 2 aromatic carbocycles. The summed E-state index contributed by atoms with van der Waals surface area (Å²) >= 11 is 5.88. The fourth-order valence-corrected chi connectivity index (χ4v) is 6.83. The van der Waals surface area contributed by atoms with Crippen LogP contribution in [0.15, 0.2) is 42.5 Å². The van der Waals surface area contributed by atoms with Gasteiger partial charge < -0.3 is 23.5 Å². The number of aromatic nitrogens is 3. The highest BCUT2D eigenvalue weighted by Crippen LogP contribution is 2.58. The maximum Gasteiger partial charge on any atom is 0.338 e. The van der Waals surface area contributed by atoms with Crippen LogP contribution in [-0.4, -0.2) is 65.4 Å². The zero-order chi connectivity index (χ0) is 30.5. The van der Waals surface area contributed by atoms with E-state index in [0.29, 0.717) is 58.6 Å². The Morgan fingerprint density at radius 3 is 2.59 bits per heavy atom. The molecule has 230 valence electrons. The number of hydrogen-bond acceptors (Lipinski definition) is 8. The van der Waals surface area contributed by atoms with Crippen molar-refractivity contribution in [2.75, 3.05) is 33.9 Å². The van der Waals surface area contributed by atoms with E-state index in [1.807, 2.05) is 18.2 Å². The normalized spacial score (nSPS) is 22.5. The number of piperidine rings is 1. The summed E-state index contributed by atoms with van der Waals surface area (Å²) in [5, 5.41) is 0.355. The van der Waals surface area contributed by atoms with Gasteiger partial charge in [0, 0.05) is 42.3 Å². The first-order valence-electron chi connectivity index (χ1n) is 14.9. The number of hydrogen-bond donors (Lipinski definition) is 0. The van der Waals surface area contributed by atoms with Crippen molar-refractivity contribution in [2.45, 2.75) is 45.1 Å². The fourth-order valence-electron chi connectivity index (χ4n) is 6.67. The zero-order valence-electron chi connectivity index (χ0n) is 24.9. The molecule has 0 N–H and O–H groups in total. The minimum absolute atomic E-state index is 0.0859. The monoisotopic (exact) mass is 620 g/mol. The number of carbonyl (C=O) groups is 1. The van der Waals surface area contributed by atoms with Crippen molar-refractivity contribution in [2.24, 2.45) is 11.8 Å². The molecule has 0 spiro atoms. The fraction of sp³-hybridized carbons (Fsp3) is 0.424. The Labute approximate surface area is 259 Å². The number of methoxy groups -OCH3 is 2. The third kappa shape index (κ3) is 5.39. The molecule has 1 unspecified atom stereocenters. The first kappa shape index (κ1) is 29.0. The van der Waals surface area contributed by atoms with Crippen molar-refractivity contribution in [3.8, 4) is 11.6 Å². The summed E-state index contributed by atoms with van der Waals surface area (Å²) in [4.78, 5) is 24.7. The van der Waals surface area contributed by atoms with E-state index in [9.17, 15) is 9.18 Å². The molecule has 1 saturated carbocycles. The van der Waals surface area contributed by atoms with E-state index < -0.39 is 11.8 Å². The van der Waals surface area contributed by atoms with Gasteiger partial charge in [-0.3, -0.25) is 4.90 Å². The quantitative estimate of drug-likeness (QED) is 0.214. The molecular formula is C33H34ClFN4O5. The van der Waals surface area contributed by atoms with E-state index in [2.05, 4.69) is 16.4 Å². The van der Waals surface area contributed by atoms with Crippen LogP contribution in [0.2, 0.25) is 5.02 Å². The number of halogens is 2. The lowest BCUT2D eigenvalue weighted by Gasteiger charge is -2.28. The number of pyridine rings is 1. The van der Waals surface area contributed by atoms with E-state index in [-0.39, 0.29) is 12.7 Å². The predicted molar refractivity (Wildman–Crippen MR) is 162 cm³/mol. The van der Waals surface area contributed by atoms with Gasteiger partial charge in [-0.15, -0.1) is 0 Å². The highest BCUT2D eigenvalue weighted by Gasteiger charge is 2.57. The highest BCUT2D eigenvalue weighted by molar-refractivity contribution is 6.30. The highest BCUT2D eigenvalue weighted by atomic mass is 35.5. The van der Waals surface area contributed by atoms with Crippen molar-refractivity contribution in [1.82, 2.24) is 19.4 Å². The number of benzene rings is 2. The van der Waals surface area contributed by atoms with Gasteiger partial charge >= 0.3 is 5.97 Å². The van der Waals surface area contributed by atoms with E-state index in [1.54, 1.807) is 25.3 Å². The van der Waals surface area contributed by atoms with Crippen LogP contribution < -0.4 is 9.47 Å². The summed E-state index contributed by atoms with van der Waals surface area (Å²) in [5.41, 5.74) is 4.63. The summed E-state index contributed by atoms with van der Waals surface area (Å²) in [6.07, 6.45) is 1.11. The predicted octanol–water partition coefficient (Wildman–Crippen LogP) is 5.54. The van der Waals surface area contributed by atoms with E-state index in [0.717, 1.165) is 54.2 Å². The molecule has 9 nitrogen and oxygen atoms in total. The lowest BCUT2D eigenvalue weighted by Crippen LogP contribution is -2.33. The van der Waals surface area contributed by atoms with Gasteiger partial charge in [-0.2, -0.15) is 0 Å². The van der Waals surface area contributed by atoms with Crippen molar-refractivity contribution >= 4 is 28.6 Å². The number of likely N-dealkylation sites (tertiary alicyclic amines) is 1. The molecule has 2 saturated heterocycles. The summed E-state index contributed by atoms with van der Waals surface area (Å²) in [6, 6.07) is 12.0. The molecule has 0 radical (unpaired) electrons. The van der Waals surface area contributed by atoms with Crippen LogP contribution in [0.4, 0.5) is 4.39 Å². The summed E-state index contributed by atoms with van der Waals surface area (Å²) in [6.45, 7) is 6.15. The Bertz CT molecular complexity index is 1730. The average molecular weight is 621 g/mol. The Balaban J connectivity index is 1.07. The lowest BCUT2D eigenvalue weighted by atomic mass is 10.1. The molecule has 2 aromatic heterocycles. The molecule has 11 heteroatoms. The largest absolute Gasteiger partial charge is 0.494 e. The molecule has 1 aliphatic carbocycles. The minimum atomic E-state index is -0.416. The van der Waals surface area contributed by atoms with Crippen LogP contribution >= 0.6 is 11.6 Å². The van der Waals surface area contributed by atoms with Gasteiger partial charge in [-0.05, 0) is 55.0 Å². The second-order valence-corrected chi connectivity index (χ2v) is 12.3. The van der Waals surface area contributed by atoms with Gasteiger partial charge in [-0.1, -0.05) is 23.7 Å². The Morgan fingerprint density at radius 1 is 1.11 bits per heavy atom. The van der Waals surface area contributed by atoms with Gasteiger partial charge in [0.15, 0.2) is 0 Å². The SMILES string of the molecule is COC(=O)c1cc(OC)c2nc(CN3C[C@@H]4C(c5nc(OCc6ccc(Cl)cc6F)ccc5C)[C@@H]4C3)n(C[C@@H]3CCO3)c2c1. The molecular weight excluding hydrogens is 587 g/mol. The van der Waals surface area contributed by atoms with Gasteiger partial charge in [-0.25, -0.2) is 19.2 Å². The number of nitrogens with zero attached hydrogens (tertiary/aromatic N) is 4. The molecule has 0 bridgehead atoms. The number of carbonyl (C=O) groups excluding carboxylic acids is 1. The topological polar surface area (TPSA) is 87.9 Å². The van der Waals surface area contributed by atoms with Crippen LogP contribution in [-0.2, 0) is 29.2 Å². The number of rotatable bonds is 10. The molecule has 4 atom stereocenters. The average Bonchev–Trinajstić information content (AvgIpc) is 3.30. The van der Waals surface area contributed by atoms with E-state index >= 15 is 0 Å². The van der Waals surface area contributed by atoms with Crippen molar-refractivity contribution in [1.29, 1.82) is 0 Å². The molecule has 3 fully saturated rings. The van der Waals surface area contributed by atoms with Gasteiger partial charge in [0.25, 0.3) is 0 Å². The third-order valence-electron chi connectivity index (χ3n) is 9.17. The smallest absolute Gasteiger partial charge is 0.338 e. The molecule has 0 amide bonds. The van der Waals surface area contributed by atoms with Gasteiger partial charge in [0.2, 0.25) is 5.88 Å². The molecule has 3 aliphatic rings. The first-order valence-corrected chi connectivity index (χ1v) is 15.2. The standard InChI is InChI=1S/C33H34ClFN4O5/c1-18-4-7-29(44-17-19-5-6-21(34)12-25(19)35)37-31(18)30-23-14-38(15-24(23)30)16-28-36-32-26(39(28)13-22-8-9-43-22)10-20(33(40)42-3)11-27(32)41-2/h4-7,10-12,22-24,30H,8-9,13-17H2,1-3H3/t22-,23-,24+,30?/m0/s1. The number of aryl methyl sites for hydroxylation is 1. The summed E-state index contributed by atoms with van der Waals surface area (Å²) < 4.78 is 38.7. The van der Waals surface area contributed by atoms with Crippen molar-refractivity contribution in [3.05, 3.63) is 81.5 Å². The Kier molecular flexibility index (Phi) is 7.68. The van der Waals surface area contributed by atoms with Gasteiger partial charge in [0.05, 0.1) is 50.2 Å². The van der Waals surface area contributed by atoms with Crippen molar-refractivity contribution in [3.63, 3.8) is 0 Å². The van der Waals surface area contributed by atoms with E-state index in [4.69, 9.17) is 40.5 Å². The summed E-state index contributed by atoms with van der Waals surface area (Å²) in [7, 11) is 2.96. The van der Waals surface area contributed by atoms with Crippen LogP contribution in [0.1, 0.15) is 45.3 Å². The van der Waals surface area contributed by atoms with Crippen LogP contribution in [0, 0.1) is 24.6 Å². The molecule has 2 aliphatic heterocycles. The molecule has 44 heavy (non-hydrogen) atoms. The first-order chi connectivity index (χ1) is 21.3. The van der Waals surface area contributed by atoms with Gasteiger partial charge in [0.1, 0.15) is 29.5 Å². The second kappa shape index (κ2) is 11.6. The minimum Gasteiger partial charge on any atom is -0.494 e. The summed E-state index contributed by atoms with van der Waals surface area (Å²) in [5.74, 6) is 2.52. The second-order valence-electron chi connectivity index (χ2n) is 11.9.